The normalized spacial score (nSPS) is 11.3. The standard InChI is InChI=1S/C26H19FN4O2/c27-21-12-10-18(11-13-21)14-25(32)29-28-16-20-17-31(22-7-2-1-3-8-22)30-26(20)24-15-19-6-4-5-9-23(19)33-24/h1-13,15-17H,14H2,(H,29,32)/b28-16+. The van der Waals surface area contributed by atoms with Crippen LogP contribution in [0.1, 0.15) is 11.1 Å². The minimum Gasteiger partial charge on any atom is -0.454 e. The van der Waals surface area contributed by atoms with Gasteiger partial charge in [0.05, 0.1) is 18.3 Å². The Labute approximate surface area is 189 Å². The number of hydrogen-bond acceptors (Lipinski definition) is 4. The average Bonchev–Trinajstić information content (AvgIpc) is 3.45. The molecule has 6 nitrogen and oxygen atoms in total. The molecule has 0 aliphatic heterocycles. The van der Waals surface area contributed by atoms with Crippen LogP contribution in [0.5, 0.6) is 0 Å². The van der Waals surface area contributed by atoms with Crippen LogP contribution in [0.2, 0.25) is 0 Å². The first kappa shape index (κ1) is 20.4. The second kappa shape index (κ2) is 8.92. The van der Waals surface area contributed by atoms with Crippen LogP contribution >= 0.6 is 0 Å². The van der Waals surface area contributed by atoms with Crippen molar-refractivity contribution in [2.45, 2.75) is 6.42 Å². The second-order valence-electron chi connectivity index (χ2n) is 7.46. The number of benzene rings is 3. The molecule has 7 heteroatoms. The summed E-state index contributed by atoms with van der Waals surface area (Å²) in [6, 6.07) is 25.1. The Morgan fingerprint density at radius 1 is 1.03 bits per heavy atom. The van der Waals surface area contributed by atoms with Crippen molar-refractivity contribution in [3.05, 3.63) is 108 Å². The lowest BCUT2D eigenvalue weighted by molar-refractivity contribution is -0.120. The molecule has 1 N–H and O–H groups in total. The summed E-state index contributed by atoms with van der Waals surface area (Å²) in [4.78, 5) is 12.2. The molecule has 0 aliphatic rings. The zero-order valence-electron chi connectivity index (χ0n) is 17.5. The van der Waals surface area contributed by atoms with Crippen molar-refractivity contribution >= 4 is 23.1 Å². The van der Waals surface area contributed by atoms with Gasteiger partial charge in [-0.15, -0.1) is 0 Å². The van der Waals surface area contributed by atoms with Gasteiger partial charge in [0.1, 0.15) is 17.1 Å². The smallest absolute Gasteiger partial charge is 0.244 e. The van der Waals surface area contributed by atoms with E-state index in [9.17, 15) is 9.18 Å². The van der Waals surface area contributed by atoms with Crippen LogP contribution in [0, 0.1) is 5.82 Å². The van der Waals surface area contributed by atoms with Gasteiger partial charge >= 0.3 is 0 Å². The first-order chi connectivity index (χ1) is 16.2. The summed E-state index contributed by atoms with van der Waals surface area (Å²) in [5.74, 6) is -0.0470. The summed E-state index contributed by atoms with van der Waals surface area (Å²) in [5.41, 5.74) is 6.15. The predicted molar refractivity (Wildman–Crippen MR) is 125 cm³/mol. The molecular formula is C26H19FN4O2. The molecule has 162 valence electrons. The number of furan rings is 1. The van der Waals surface area contributed by atoms with Crippen LogP contribution in [0.25, 0.3) is 28.1 Å². The highest BCUT2D eigenvalue weighted by molar-refractivity contribution is 5.91. The number of nitrogens with zero attached hydrogens (tertiary/aromatic N) is 3. The first-order valence-electron chi connectivity index (χ1n) is 10.4. The lowest BCUT2D eigenvalue weighted by Crippen LogP contribution is -2.19. The molecule has 0 bridgehead atoms. The maximum Gasteiger partial charge on any atom is 0.244 e. The Kier molecular flexibility index (Phi) is 5.51. The van der Waals surface area contributed by atoms with Gasteiger partial charge in [-0.25, -0.2) is 14.5 Å². The number of nitrogens with one attached hydrogen (secondary N) is 1. The van der Waals surface area contributed by atoms with Crippen molar-refractivity contribution in [3.63, 3.8) is 0 Å². The summed E-state index contributed by atoms with van der Waals surface area (Å²) in [6.07, 6.45) is 3.46. The van der Waals surface area contributed by atoms with E-state index in [0.717, 1.165) is 16.7 Å². The first-order valence-corrected chi connectivity index (χ1v) is 10.4. The number of para-hydroxylation sites is 2. The van der Waals surface area contributed by atoms with E-state index >= 15 is 0 Å². The summed E-state index contributed by atoms with van der Waals surface area (Å²) >= 11 is 0. The van der Waals surface area contributed by atoms with Crippen molar-refractivity contribution < 1.29 is 13.6 Å². The van der Waals surface area contributed by atoms with Crippen molar-refractivity contribution in [2.24, 2.45) is 5.10 Å². The molecule has 0 radical (unpaired) electrons. The molecule has 0 atom stereocenters. The van der Waals surface area contributed by atoms with Crippen LogP contribution < -0.4 is 5.43 Å². The van der Waals surface area contributed by atoms with Crippen LogP contribution in [0.3, 0.4) is 0 Å². The Balaban J connectivity index is 1.42. The number of amides is 1. The third-order valence-corrected chi connectivity index (χ3v) is 5.09. The largest absolute Gasteiger partial charge is 0.454 e. The molecule has 2 heterocycles. The lowest BCUT2D eigenvalue weighted by atomic mass is 10.1. The Bertz CT molecular complexity index is 1400. The highest BCUT2D eigenvalue weighted by atomic mass is 19.1. The van der Waals surface area contributed by atoms with Gasteiger partial charge in [0, 0.05) is 17.1 Å². The predicted octanol–water partition coefficient (Wildman–Crippen LogP) is 5.12. The van der Waals surface area contributed by atoms with E-state index < -0.39 is 0 Å². The van der Waals surface area contributed by atoms with Gasteiger partial charge in [0.2, 0.25) is 5.91 Å². The Hall–Kier alpha value is -4.52. The fraction of sp³-hybridized carbons (Fsp3) is 0.0385. The summed E-state index contributed by atoms with van der Waals surface area (Å²) in [6.45, 7) is 0. The summed E-state index contributed by atoms with van der Waals surface area (Å²) < 4.78 is 20.8. The number of hydrogen-bond donors (Lipinski definition) is 1. The Morgan fingerprint density at radius 3 is 2.58 bits per heavy atom. The van der Waals surface area contributed by atoms with Gasteiger partial charge in [-0.3, -0.25) is 4.79 Å². The number of hydrazone groups is 1. The minimum absolute atomic E-state index is 0.0946. The SMILES string of the molecule is O=C(Cc1ccc(F)cc1)N/N=C/c1cn(-c2ccccc2)nc1-c1cc2ccccc2o1. The molecule has 0 unspecified atom stereocenters. The Morgan fingerprint density at radius 2 is 1.79 bits per heavy atom. The van der Waals surface area contributed by atoms with E-state index in [1.807, 2.05) is 66.9 Å². The van der Waals surface area contributed by atoms with Crippen LogP contribution in [-0.2, 0) is 11.2 Å². The van der Waals surface area contributed by atoms with E-state index in [1.54, 1.807) is 16.8 Å². The van der Waals surface area contributed by atoms with E-state index in [0.29, 0.717) is 22.6 Å². The molecule has 5 rings (SSSR count). The molecule has 1 amide bonds. The highest BCUT2D eigenvalue weighted by Gasteiger charge is 2.15. The van der Waals surface area contributed by atoms with Gasteiger partial charge in [0.25, 0.3) is 0 Å². The quantitative estimate of drug-likeness (QED) is 0.296. The molecule has 5 aromatic rings. The molecule has 0 saturated carbocycles. The fourth-order valence-electron chi connectivity index (χ4n) is 3.49. The molecule has 0 fully saturated rings. The number of fused-ring (bicyclic) bond motifs is 1. The maximum atomic E-state index is 13.0. The molecule has 0 saturated heterocycles. The fourth-order valence-corrected chi connectivity index (χ4v) is 3.49. The zero-order valence-corrected chi connectivity index (χ0v) is 17.5. The summed E-state index contributed by atoms with van der Waals surface area (Å²) in [7, 11) is 0. The number of carbonyl (C=O) groups is 1. The maximum absolute atomic E-state index is 13.0. The van der Waals surface area contributed by atoms with Crippen molar-refractivity contribution in [1.82, 2.24) is 15.2 Å². The van der Waals surface area contributed by atoms with E-state index in [2.05, 4.69) is 10.5 Å². The highest BCUT2D eigenvalue weighted by Crippen LogP contribution is 2.29. The van der Waals surface area contributed by atoms with Gasteiger partial charge in [-0.2, -0.15) is 10.2 Å². The van der Waals surface area contributed by atoms with Gasteiger partial charge in [0.15, 0.2) is 5.76 Å². The second-order valence-corrected chi connectivity index (χ2v) is 7.46. The van der Waals surface area contributed by atoms with Gasteiger partial charge in [-0.1, -0.05) is 48.5 Å². The molecular weight excluding hydrogens is 419 g/mol. The number of aromatic nitrogens is 2. The molecule has 33 heavy (non-hydrogen) atoms. The van der Waals surface area contributed by atoms with Crippen molar-refractivity contribution in [3.8, 4) is 17.1 Å². The zero-order chi connectivity index (χ0) is 22.6. The van der Waals surface area contributed by atoms with E-state index in [-0.39, 0.29) is 18.1 Å². The van der Waals surface area contributed by atoms with E-state index in [4.69, 9.17) is 9.52 Å². The number of halogens is 1. The van der Waals surface area contributed by atoms with Crippen molar-refractivity contribution in [2.75, 3.05) is 0 Å². The molecule has 0 spiro atoms. The molecule has 3 aromatic carbocycles. The lowest BCUT2D eigenvalue weighted by Gasteiger charge is -2.00. The topological polar surface area (TPSA) is 72.4 Å². The van der Waals surface area contributed by atoms with E-state index in [1.165, 1.54) is 18.3 Å². The van der Waals surface area contributed by atoms with Crippen LogP contribution in [0.15, 0.2) is 101 Å². The third kappa shape index (κ3) is 4.57. The monoisotopic (exact) mass is 438 g/mol. The van der Waals surface area contributed by atoms with Gasteiger partial charge in [-0.05, 0) is 42.0 Å². The minimum atomic E-state index is -0.342. The third-order valence-electron chi connectivity index (χ3n) is 5.09. The van der Waals surface area contributed by atoms with Crippen molar-refractivity contribution in [1.29, 1.82) is 0 Å². The number of rotatable bonds is 6. The average molecular weight is 438 g/mol. The summed E-state index contributed by atoms with van der Waals surface area (Å²) in [5, 5.41) is 9.78. The van der Waals surface area contributed by atoms with Gasteiger partial charge < -0.3 is 4.42 Å². The number of carbonyl (C=O) groups excluding carboxylic acids is 1. The molecule has 0 aliphatic carbocycles. The van der Waals surface area contributed by atoms with Crippen LogP contribution in [0.4, 0.5) is 4.39 Å². The van der Waals surface area contributed by atoms with Crippen LogP contribution in [-0.4, -0.2) is 21.9 Å². The molecule has 2 aromatic heterocycles.